The molecule has 0 aliphatic heterocycles. The standard InChI is InChI=1S/C13H13F4O2/c1-6-8(14)10(16)7(11(17)9(6)15)5-19-12(18)13(2,3)4/h1,5H2,2-4H3. The average molecular weight is 277 g/mol. The van der Waals surface area contributed by atoms with Crippen LogP contribution in [0.1, 0.15) is 31.9 Å². The van der Waals surface area contributed by atoms with Crippen LogP contribution in [0.4, 0.5) is 17.6 Å². The van der Waals surface area contributed by atoms with Crippen LogP contribution in [-0.2, 0) is 16.1 Å². The van der Waals surface area contributed by atoms with E-state index in [1.807, 2.05) is 0 Å². The number of carbonyl (C=O) groups excluding carboxylic acids is 1. The Morgan fingerprint density at radius 3 is 1.84 bits per heavy atom. The summed E-state index contributed by atoms with van der Waals surface area (Å²) >= 11 is 0. The summed E-state index contributed by atoms with van der Waals surface area (Å²) in [6.45, 7) is 6.58. The molecule has 2 nitrogen and oxygen atoms in total. The van der Waals surface area contributed by atoms with Crippen molar-refractivity contribution < 1.29 is 27.1 Å². The van der Waals surface area contributed by atoms with Crippen molar-refractivity contribution in [3.63, 3.8) is 0 Å². The van der Waals surface area contributed by atoms with Gasteiger partial charge in [0.2, 0.25) is 0 Å². The van der Waals surface area contributed by atoms with E-state index < -0.39 is 52.4 Å². The van der Waals surface area contributed by atoms with Crippen molar-refractivity contribution in [2.45, 2.75) is 27.4 Å². The lowest BCUT2D eigenvalue weighted by atomic mass is 9.97. The van der Waals surface area contributed by atoms with Gasteiger partial charge in [0.1, 0.15) is 6.61 Å². The molecule has 6 heteroatoms. The summed E-state index contributed by atoms with van der Waals surface area (Å²) in [6.07, 6.45) is 0. The molecule has 1 aromatic carbocycles. The second kappa shape index (κ2) is 5.19. The lowest BCUT2D eigenvalue weighted by molar-refractivity contribution is -0.154. The highest BCUT2D eigenvalue weighted by Gasteiger charge is 2.27. The number of rotatable bonds is 2. The smallest absolute Gasteiger partial charge is 0.311 e. The lowest BCUT2D eigenvalue weighted by Gasteiger charge is -2.17. The monoisotopic (exact) mass is 277 g/mol. The minimum Gasteiger partial charge on any atom is -0.460 e. The van der Waals surface area contributed by atoms with Gasteiger partial charge in [-0.1, -0.05) is 0 Å². The van der Waals surface area contributed by atoms with Gasteiger partial charge in [0.15, 0.2) is 23.3 Å². The average Bonchev–Trinajstić information content (AvgIpc) is 2.32. The molecule has 0 aromatic heterocycles. The molecule has 1 rings (SSSR count). The molecule has 0 atom stereocenters. The van der Waals surface area contributed by atoms with Gasteiger partial charge in [0.05, 0.1) is 11.0 Å². The van der Waals surface area contributed by atoms with E-state index in [9.17, 15) is 22.4 Å². The zero-order chi connectivity index (χ0) is 15.0. The first kappa shape index (κ1) is 15.5. The maximum absolute atomic E-state index is 13.4. The van der Waals surface area contributed by atoms with E-state index in [1.165, 1.54) is 20.8 Å². The molecular weight excluding hydrogens is 264 g/mol. The Kier molecular flexibility index (Phi) is 4.22. The van der Waals surface area contributed by atoms with Crippen LogP contribution >= 0.6 is 0 Å². The molecule has 1 radical (unpaired) electrons. The molecular formula is C13H13F4O2. The van der Waals surface area contributed by atoms with Crippen LogP contribution in [0.5, 0.6) is 0 Å². The Bertz CT molecular complexity index is 489. The number of hydrogen-bond acceptors (Lipinski definition) is 2. The number of ether oxygens (including phenoxy) is 1. The maximum atomic E-state index is 13.4. The van der Waals surface area contributed by atoms with Gasteiger partial charge in [-0.2, -0.15) is 0 Å². The third kappa shape index (κ3) is 3.05. The fourth-order valence-electron chi connectivity index (χ4n) is 1.20. The van der Waals surface area contributed by atoms with Gasteiger partial charge >= 0.3 is 5.97 Å². The SMILES string of the molecule is [CH2]c1c(F)c(F)c(COC(=O)C(C)(C)C)c(F)c1F. The van der Waals surface area contributed by atoms with E-state index in [4.69, 9.17) is 0 Å². The van der Waals surface area contributed by atoms with Crippen molar-refractivity contribution in [3.8, 4) is 0 Å². The second-order valence-corrected chi connectivity index (χ2v) is 5.04. The van der Waals surface area contributed by atoms with Gasteiger partial charge in [0, 0.05) is 5.56 Å². The molecule has 0 spiro atoms. The Morgan fingerprint density at radius 2 is 1.47 bits per heavy atom. The number of hydrogen-bond donors (Lipinski definition) is 0. The van der Waals surface area contributed by atoms with Crippen LogP contribution in [0.25, 0.3) is 0 Å². The van der Waals surface area contributed by atoms with Gasteiger partial charge in [-0.15, -0.1) is 0 Å². The molecule has 0 saturated carbocycles. The summed E-state index contributed by atoms with van der Waals surface area (Å²) in [5.74, 6) is -7.15. The Labute approximate surface area is 108 Å². The summed E-state index contributed by atoms with van der Waals surface area (Å²) < 4.78 is 57.9. The minimum absolute atomic E-state index is 0.745. The van der Waals surface area contributed by atoms with Gasteiger partial charge in [-0.25, -0.2) is 17.6 Å². The molecule has 19 heavy (non-hydrogen) atoms. The molecule has 0 fully saturated rings. The molecule has 1 aromatic rings. The normalized spacial score (nSPS) is 11.6. The van der Waals surface area contributed by atoms with Crippen LogP contribution in [0.15, 0.2) is 0 Å². The van der Waals surface area contributed by atoms with Crippen molar-refractivity contribution in [1.29, 1.82) is 0 Å². The summed E-state index contributed by atoms with van der Waals surface area (Å²) in [4.78, 5) is 11.4. The van der Waals surface area contributed by atoms with Crippen LogP contribution in [0.3, 0.4) is 0 Å². The predicted molar refractivity (Wildman–Crippen MR) is 60.0 cm³/mol. The Balaban J connectivity index is 3.07. The third-order valence-corrected chi connectivity index (χ3v) is 2.41. The van der Waals surface area contributed by atoms with E-state index in [0.29, 0.717) is 0 Å². The van der Waals surface area contributed by atoms with Gasteiger partial charge in [-0.3, -0.25) is 4.79 Å². The van der Waals surface area contributed by atoms with Crippen molar-refractivity contribution in [2.24, 2.45) is 5.41 Å². The lowest BCUT2D eigenvalue weighted by Crippen LogP contribution is -2.23. The molecule has 0 saturated heterocycles. The fourth-order valence-corrected chi connectivity index (χ4v) is 1.20. The Hall–Kier alpha value is -1.59. The molecule has 0 amide bonds. The first-order valence-corrected chi connectivity index (χ1v) is 5.41. The molecule has 0 N–H and O–H groups in total. The van der Waals surface area contributed by atoms with Crippen LogP contribution < -0.4 is 0 Å². The minimum atomic E-state index is -1.61. The molecule has 0 unspecified atom stereocenters. The highest BCUT2D eigenvalue weighted by atomic mass is 19.2. The first-order valence-electron chi connectivity index (χ1n) is 5.41. The number of halogens is 4. The Morgan fingerprint density at radius 1 is 1.05 bits per heavy atom. The van der Waals surface area contributed by atoms with Crippen molar-refractivity contribution >= 4 is 5.97 Å². The van der Waals surface area contributed by atoms with Crippen LogP contribution in [0.2, 0.25) is 0 Å². The van der Waals surface area contributed by atoms with Gasteiger partial charge < -0.3 is 4.74 Å². The predicted octanol–water partition coefficient (Wildman–Crippen LogP) is 3.51. The quantitative estimate of drug-likeness (QED) is 0.470. The number of esters is 1. The summed E-state index contributed by atoms with van der Waals surface area (Å²) in [5.41, 5.74) is -2.86. The largest absolute Gasteiger partial charge is 0.460 e. The van der Waals surface area contributed by atoms with Crippen LogP contribution in [0, 0.1) is 35.6 Å². The van der Waals surface area contributed by atoms with E-state index in [2.05, 4.69) is 11.7 Å². The summed E-state index contributed by atoms with van der Waals surface area (Å²) in [5, 5.41) is 0. The van der Waals surface area contributed by atoms with E-state index in [-0.39, 0.29) is 0 Å². The van der Waals surface area contributed by atoms with Gasteiger partial charge in [-0.05, 0) is 27.7 Å². The summed E-state index contributed by atoms with van der Waals surface area (Å²) in [7, 11) is 0. The molecule has 0 heterocycles. The topological polar surface area (TPSA) is 26.3 Å². The van der Waals surface area contributed by atoms with Crippen molar-refractivity contribution in [3.05, 3.63) is 41.3 Å². The second-order valence-electron chi connectivity index (χ2n) is 5.04. The molecule has 0 aliphatic rings. The molecule has 0 aliphatic carbocycles. The highest BCUT2D eigenvalue weighted by molar-refractivity contribution is 5.75. The molecule has 0 bridgehead atoms. The highest BCUT2D eigenvalue weighted by Crippen LogP contribution is 2.25. The third-order valence-electron chi connectivity index (χ3n) is 2.41. The summed E-state index contributed by atoms with van der Waals surface area (Å²) in [6, 6.07) is 0. The van der Waals surface area contributed by atoms with Crippen molar-refractivity contribution in [1.82, 2.24) is 0 Å². The first-order chi connectivity index (χ1) is 8.57. The van der Waals surface area contributed by atoms with Crippen LogP contribution in [-0.4, -0.2) is 5.97 Å². The zero-order valence-electron chi connectivity index (χ0n) is 10.7. The zero-order valence-corrected chi connectivity index (χ0v) is 10.7. The maximum Gasteiger partial charge on any atom is 0.311 e. The number of carbonyl (C=O) groups is 1. The number of benzene rings is 1. The molecule has 105 valence electrons. The van der Waals surface area contributed by atoms with E-state index >= 15 is 0 Å². The van der Waals surface area contributed by atoms with E-state index in [0.717, 1.165) is 0 Å². The van der Waals surface area contributed by atoms with Gasteiger partial charge in [0.25, 0.3) is 0 Å². The fraction of sp³-hybridized carbons (Fsp3) is 0.385. The van der Waals surface area contributed by atoms with E-state index in [1.54, 1.807) is 0 Å². The van der Waals surface area contributed by atoms with Crippen molar-refractivity contribution in [2.75, 3.05) is 0 Å².